The number of rotatable bonds is 5. The fourth-order valence-corrected chi connectivity index (χ4v) is 2.18. The van der Waals surface area contributed by atoms with Crippen LogP contribution in [0.5, 0.6) is 0 Å². The lowest BCUT2D eigenvalue weighted by molar-refractivity contribution is -0.144. The van der Waals surface area contributed by atoms with Gasteiger partial charge in [-0.1, -0.05) is 12.8 Å². The molecule has 7 heteroatoms. The molecule has 108 valence electrons. The van der Waals surface area contributed by atoms with Crippen LogP contribution >= 0.6 is 0 Å². The molecule has 2 atom stereocenters. The van der Waals surface area contributed by atoms with E-state index in [4.69, 9.17) is 5.11 Å². The molecule has 0 radical (unpaired) electrons. The number of amides is 2. The van der Waals surface area contributed by atoms with E-state index in [9.17, 15) is 14.4 Å². The largest absolute Gasteiger partial charge is 0.481 e. The summed E-state index contributed by atoms with van der Waals surface area (Å²) in [7, 11) is 0. The smallest absolute Gasteiger partial charge is 0.325 e. The first-order valence-electron chi connectivity index (χ1n) is 6.47. The van der Waals surface area contributed by atoms with E-state index in [-0.39, 0.29) is 19.2 Å². The zero-order valence-electron chi connectivity index (χ0n) is 11.0. The van der Waals surface area contributed by atoms with Crippen LogP contribution in [-0.2, 0) is 14.3 Å². The van der Waals surface area contributed by atoms with Crippen LogP contribution < -0.4 is 10.6 Å². The van der Waals surface area contributed by atoms with Crippen LogP contribution in [0.2, 0.25) is 0 Å². The number of carbonyl (C=O) groups excluding carboxylic acids is 2. The number of esters is 1. The van der Waals surface area contributed by atoms with E-state index in [2.05, 4.69) is 15.4 Å². The zero-order valence-corrected chi connectivity index (χ0v) is 11.0. The Morgan fingerprint density at radius 1 is 1.26 bits per heavy atom. The molecule has 0 saturated heterocycles. The van der Waals surface area contributed by atoms with Crippen LogP contribution in [0.3, 0.4) is 0 Å². The van der Waals surface area contributed by atoms with Crippen LogP contribution in [0.25, 0.3) is 0 Å². The molecule has 2 unspecified atom stereocenters. The van der Waals surface area contributed by atoms with Gasteiger partial charge >= 0.3 is 18.0 Å². The van der Waals surface area contributed by atoms with Crippen LogP contribution in [-0.4, -0.2) is 42.3 Å². The SMILES string of the molecule is CCOC(=O)CNC(=O)NC1CCCCC1C(=O)O. The van der Waals surface area contributed by atoms with E-state index >= 15 is 0 Å². The normalized spacial score (nSPS) is 22.4. The maximum absolute atomic E-state index is 11.6. The molecule has 0 heterocycles. The van der Waals surface area contributed by atoms with Gasteiger partial charge in [-0.3, -0.25) is 9.59 Å². The van der Waals surface area contributed by atoms with Gasteiger partial charge in [-0.05, 0) is 19.8 Å². The van der Waals surface area contributed by atoms with Crippen molar-refractivity contribution in [2.75, 3.05) is 13.2 Å². The lowest BCUT2D eigenvalue weighted by Crippen LogP contribution is -2.49. The first kappa shape index (κ1) is 15.3. The summed E-state index contributed by atoms with van der Waals surface area (Å²) >= 11 is 0. The van der Waals surface area contributed by atoms with Crippen molar-refractivity contribution in [1.82, 2.24) is 10.6 Å². The Hall–Kier alpha value is -1.79. The van der Waals surface area contributed by atoms with Crippen molar-refractivity contribution in [2.45, 2.75) is 38.6 Å². The molecule has 0 spiro atoms. The van der Waals surface area contributed by atoms with Gasteiger partial charge in [-0.25, -0.2) is 4.79 Å². The Morgan fingerprint density at radius 2 is 1.95 bits per heavy atom. The van der Waals surface area contributed by atoms with E-state index in [1.165, 1.54) is 0 Å². The van der Waals surface area contributed by atoms with Crippen LogP contribution in [0, 0.1) is 5.92 Å². The van der Waals surface area contributed by atoms with Crippen molar-refractivity contribution in [3.05, 3.63) is 0 Å². The van der Waals surface area contributed by atoms with Gasteiger partial charge in [-0.15, -0.1) is 0 Å². The van der Waals surface area contributed by atoms with E-state index < -0.39 is 23.9 Å². The maximum Gasteiger partial charge on any atom is 0.325 e. The summed E-state index contributed by atoms with van der Waals surface area (Å²) < 4.78 is 4.67. The topological polar surface area (TPSA) is 105 Å². The molecular weight excluding hydrogens is 252 g/mol. The summed E-state index contributed by atoms with van der Waals surface area (Å²) in [5.74, 6) is -1.96. The number of nitrogens with one attached hydrogen (secondary N) is 2. The lowest BCUT2D eigenvalue weighted by Gasteiger charge is -2.29. The first-order valence-corrected chi connectivity index (χ1v) is 6.47. The summed E-state index contributed by atoms with van der Waals surface area (Å²) in [6, 6.07) is -0.917. The van der Waals surface area contributed by atoms with Crippen molar-refractivity contribution in [2.24, 2.45) is 5.92 Å². The highest BCUT2D eigenvalue weighted by Crippen LogP contribution is 2.24. The number of carboxylic acids is 1. The fraction of sp³-hybridized carbons (Fsp3) is 0.750. The average Bonchev–Trinajstić information content (AvgIpc) is 2.37. The molecule has 0 aromatic rings. The molecule has 1 rings (SSSR count). The number of hydrogen-bond donors (Lipinski definition) is 3. The molecule has 1 aliphatic rings. The Labute approximate surface area is 111 Å². The van der Waals surface area contributed by atoms with Gasteiger partial charge in [0.15, 0.2) is 0 Å². The summed E-state index contributed by atoms with van der Waals surface area (Å²) in [4.78, 5) is 33.7. The van der Waals surface area contributed by atoms with Crippen molar-refractivity contribution in [1.29, 1.82) is 0 Å². The van der Waals surface area contributed by atoms with Crippen LogP contribution in [0.4, 0.5) is 4.79 Å². The highest BCUT2D eigenvalue weighted by molar-refractivity contribution is 5.81. The standard InChI is InChI=1S/C12H20N2O5/c1-2-19-10(15)7-13-12(18)14-9-6-4-3-5-8(9)11(16)17/h8-9H,2-7H2,1H3,(H,16,17)(H2,13,14,18). The fourth-order valence-electron chi connectivity index (χ4n) is 2.18. The molecule has 1 fully saturated rings. The zero-order chi connectivity index (χ0) is 14.3. The molecule has 7 nitrogen and oxygen atoms in total. The minimum atomic E-state index is -0.893. The van der Waals surface area contributed by atoms with Gasteiger partial charge < -0.3 is 20.5 Å². The molecule has 2 amide bonds. The number of urea groups is 1. The average molecular weight is 272 g/mol. The van der Waals surface area contributed by atoms with Crippen LogP contribution in [0.15, 0.2) is 0 Å². The summed E-state index contributed by atoms with van der Waals surface area (Å²) in [6.45, 7) is 1.72. The van der Waals surface area contributed by atoms with E-state index in [1.54, 1.807) is 6.92 Å². The lowest BCUT2D eigenvalue weighted by atomic mass is 9.84. The predicted octanol–water partition coefficient (Wildman–Crippen LogP) is 0.492. The number of hydrogen-bond acceptors (Lipinski definition) is 4. The van der Waals surface area contributed by atoms with E-state index in [0.29, 0.717) is 12.8 Å². The number of aliphatic carboxylic acids is 1. The van der Waals surface area contributed by atoms with Gasteiger partial charge in [0.1, 0.15) is 6.54 Å². The van der Waals surface area contributed by atoms with Gasteiger partial charge in [0.05, 0.1) is 12.5 Å². The Kier molecular flexibility index (Phi) is 6.11. The predicted molar refractivity (Wildman–Crippen MR) is 66.5 cm³/mol. The number of ether oxygens (including phenoxy) is 1. The molecular formula is C12H20N2O5. The Balaban J connectivity index is 2.37. The molecule has 0 aromatic carbocycles. The second-order valence-corrected chi connectivity index (χ2v) is 4.47. The van der Waals surface area contributed by atoms with E-state index in [0.717, 1.165) is 12.8 Å². The minimum absolute atomic E-state index is 0.218. The molecule has 3 N–H and O–H groups in total. The first-order chi connectivity index (χ1) is 9.04. The van der Waals surface area contributed by atoms with Crippen molar-refractivity contribution in [3.63, 3.8) is 0 Å². The van der Waals surface area contributed by atoms with Crippen molar-refractivity contribution in [3.8, 4) is 0 Å². The maximum atomic E-state index is 11.6. The van der Waals surface area contributed by atoms with Gasteiger partial charge in [0.2, 0.25) is 0 Å². The molecule has 0 bridgehead atoms. The number of carbonyl (C=O) groups is 3. The third kappa shape index (κ3) is 5.15. The summed E-state index contributed by atoms with van der Waals surface area (Å²) in [5.41, 5.74) is 0. The molecule has 1 aliphatic carbocycles. The molecule has 19 heavy (non-hydrogen) atoms. The highest BCUT2D eigenvalue weighted by Gasteiger charge is 2.31. The third-order valence-corrected chi connectivity index (χ3v) is 3.10. The number of carboxylic acid groups (broad SMARTS) is 1. The Bertz CT molecular complexity index is 345. The van der Waals surface area contributed by atoms with Gasteiger partial charge in [0.25, 0.3) is 0 Å². The van der Waals surface area contributed by atoms with E-state index in [1.807, 2.05) is 0 Å². The monoisotopic (exact) mass is 272 g/mol. The summed E-state index contributed by atoms with van der Waals surface area (Å²) in [6.07, 6.45) is 2.97. The molecule has 0 aliphatic heterocycles. The quantitative estimate of drug-likeness (QED) is 0.632. The van der Waals surface area contributed by atoms with Crippen molar-refractivity contribution < 1.29 is 24.2 Å². The van der Waals surface area contributed by atoms with Gasteiger partial charge in [-0.2, -0.15) is 0 Å². The minimum Gasteiger partial charge on any atom is -0.481 e. The third-order valence-electron chi connectivity index (χ3n) is 3.10. The second-order valence-electron chi connectivity index (χ2n) is 4.47. The van der Waals surface area contributed by atoms with Crippen molar-refractivity contribution >= 4 is 18.0 Å². The molecule has 1 saturated carbocycles. The Morgan fingerprint density at radius 3 is 2.58 bits per heavy atom. The van der Waals surface area contributed by atoms with Gasteiger partial charge in [0, 0.05) is 6.04 Å². The summed E-state index contributed by atoms with van der Waals surface area (Å²) in [5, 5.41) is 14.0. The highest BCUT2D eigenvalue weighted by atomic mass is 16.5. The van der Waals surface area contributed by atoms with Crippen LogP contribution in [0.1, 0.15) is 32.6 Å². The molecule has 0 aromatic heterocycles. The second kappa shape index (κ2) is 7.60.